The van der Waals surface area contributed by atoms with Gasteiger partial charge in [0, 0.05) is 0 Å². The Morgan fingerprint density at radius 3 is 2.55 bits per heavy atom. The molecule has 0 bridgehead atoms. The van der Waals surface area contributed by atoms with Gasteiger partial charge in [-0.1, -0.05) is 6.08 Å². The predicted molar refractivity (Wildman–Crippen MR) is 68.8 cm³/mol. The number of hydrogen-bond acceptors (Lipinski definition) is 5. The molecule has 0 aromatic carbocycles. The van der Waals surface area contributed by atoms with Gasteiger partial charge < -0.3 is 9.47 Å². The number of nitrogens with zero attached hydrogens (tertiary/aromatic N) is 2. The van der Waals surface area contributed by atoms with Gasteiger partial charge >= 0.3 is 17.1 Å². The number of nitrogens with one attached hydrogen (secondary N) is 1. The number of hydrogen-bond donors (Lipinski definition) is 1. The number of ether oxygens (including phenoxy) is 2. The molecule has 2 saturated heterocycles. The molecule has 0 amide bonds. The number of H-pyrrole nitrogens is 1. The normalized spacial score (nSPS) is 27.3. The van der Waals surface area contributed by atoms with Gasteiger partial charge in [0.1, 0.15) is 5.60 Å². The molecule has 1 aromatic rings. The molecule has 8 heteroatoms. The molecule has 2 aliphatic rings. The summed E-state index contributed by atoms with van der Waals surface area (Å²) in [4.78, 5) is 37.9. The summed E-state index contributed by atoms with van der Waals surface area (Å²) in [6.07, 6.45) is 2.10. The number of epoxide rings is 2. The zero-order chi connectivity index (χ0) is 14.3. The zero-order valence-electron chi connectivity index (χ0n) is 10.8. The highest BCUT2D eigenvalue weighted by Gasteiger charge is 2.44. The Morgan fingerprint density at radius 2 is 2.00 bits per heavy atom. The van der Waals surface area contributed by atoms with Crippen molar-refractivity contribution in [2.45, 2.75) is 31.2 Å². The average Bonchev–Trinajstić information content (AvgIpc) is 3.28. The van der Waals surface area contributed by atoms with Crippen LogP contribution in [0, 0.1) is 0 Å². The molecule has 0 spiro atoms. The van der Waals surface area contributed by atoms with Crippen molar-refractivity contribution in [3.05, 3.63) is 44.1 Å². The van der Waals surface area contributed by atoms with E-state index in [1.54, 1.807) is 6.08 Å². The molecule has 0 saturated carbocycles. The smallest absolute Gasteiger partial charge is 0.336 e. The van der Waals surface area contributed by atoms with Crippen molar-refractivity contribution in [1.29, 1.82) is 0 Å². The van der Waals surface area contributed by atoms with Crippen LogP contribution < -0.4 is 17.1 Å². The molecule has 2 aliphatic heterocycles. The van der Waals surface area contributed by atoms with E-state index in [0.29, 0.717) is 19.6 Å². The van der Waals surface area contributed by atoms with Crippen LogP contribution in [0.1, 0.15) is 6.42 Å². The van der Waals surface area contributed by atoms with Crippen molar-refractivity contribution < 1.29 is 9.47 Å². The lowest BCUT2D eigenvalue weighted by Gasteiger charge is -2.12. The first-order chi connectivity index (χ1) is 9.54. The molecular formula is C12H15N3O5. The van der Waals surface area contributed by atoms with Gasteiger partial charge in [0.2, 0.25) is 0 Å². The maximum Gasteiger partial charge on any atom is 0.336 e. The van der Waals surface area contributed by atoms with Crippen molar-refractivity contribution >= 4 is 0 Å². The first-order valence-corrected chi connectivity index (χ1v) is 6.35. The number of aromatic nitrogens is 3. The van der Waals surface area contributed by atoms with E-state index >= 15 is 0 Å². The van der Waals surface area contributed by atoms with Crippen molar-refractivity contribution in [2.24, 2.45) is 0 Å². The van der Waals surface area contributed by atoms with Gasteiger partial charge in [-0.3, -0.25) is 4.98 Å². The van der Waals surface area contributed by atoms with E-state index in [-0.39, 0.29) is 19.2 Å². The average molecular weight is 281 g/mol. The lowest BCUT2D eigenvalue weighted by molar-refractivity contribution is 0.264. The van der Waals surface area contributed by atoms with E-state index in [0.717, 1.165) is 9.13 Å². The summed E-state index contributed by atoms with van der Waals surface area (Å²) < 4.78 is 12.3. The third-order valence-electron chi connectivity index (χ3n) is 3.47. The molecule has 0 radical (unpaired) electrons. The van der Waals surface area contributed by atoms with Crippen LogP contribution in [0.5, 0.6) is 0 Å². The van der Waals surface area contributed by atoms with E-state index in [4.69, 9.17) is 9.47 Å². The van der Waals surface area contributed by atoms with Crippen LogP contribution in [0.25, 0.3) is 0 Å². The largest absolute Gasteiger partial charge is 0.371 e. The van der Waals surface area contributed by atoms with Crippen LogP contribution in [0.4, 0.5) is 0 Å². The van der Waals surface area contributed by atoms with Gasteiger partial charge in [-0.05, 0) is 6.42 Å². The molecule has 3 rings (SSSR count). The fraction of sp³-hybridized carbons (Fsp3) is 0.583. The summed E-state index contributed by atoms with van der Waals surface area (Å²) in [6, 6.07) is 0. The van der Waals surface area contributed by atoms with Crippen molar-refractivity contribution in [3.63, 3.8) is 0 Å². The van der Waals surface area contributed by atoms with Crippen LogP contribution >= 0.6 is 0 Å². The summed E-state index contributed by atoms with van der Waals surface area (Å²) in [6.45, 7) is 4.88. The maximum absolute atomic E-state index is 12.3. The Kier molecular flexibility index (Phi) is 2.98. The van der Waals surface area contributed by atoms with Crippen LogP contribution in [0.15, 0.2) is 27.0 Å². The highest BCUT2D eigenvalue weighted by Crippen LogP contribution is 2.32. The molecule has 0 aliphatic carbocycles. The van der Waals surface area contributed by atoms with E-state index in [2.05, 4.69) is 11.6 Å². The third kappa shape index (κ3) is 2.39. The Labute approximate surface area is 113 Å². The van der Waals surface area contributed by atoms with Crippen LogP contribution in [-0.2, 0) is 22.6 Å². The fourth-order valence-electron chi connectivity index (χ4n) is 2.15. The molecule has 2 atom stereocenters. The SMILES string of the molecule is C=CCC1(Cn2c(=O)[nH]c(=O)n(CC3CO3)c2=O)CO1. The summed E-state index contributed by atoms with van der Waals surface area (Å²) in [5.41, 5.74) is -2.60. The minimum absolute atomic E-state index is 0.110. The zero-order valence-corrected chi connectivity index (χ0v) is 10.8. The summed E-state index contributed by atoms with van der Waals surface area (Å²) >= 11 is 0. The van der Waals surface area contributed by atoms with Gasteiger partial charge in [-0.15, -0.1) is 6.58 Å². The molecule has 2 unspecified atom stereocenters. The second kappa shape index (κ2) is 4.57. The molecule has 108 valence electrons. The lowest BCUT2D eigenvalue weighted by Crippen LogP contribution is -2.51. The Morgan fingerprint density at radius 1 is 1.35 bits per heavy atom. The summed E-state index contributed by atoms with van der Waals surface area (Å²) in [5.74, 6) is 0. The van der Waals surface area contributed by atoms with Gasteiger partial charge in [0.05, 0.1) is 32.4 Å². The van der Waals surface area contributed by atoms with E-state index in [1.807, 2.05) is 0 Å². The van der Waals surface area contributed by atoms with E-state index in [9.17, 15) is 14.4 Å². The van der Waals surface area contributed by atoms with Crippen molar-refractivity contribution in [1.82, 2.24) is 14.1 Å². The van der Waals surface area contributed by atoms with Crippen molar-refractivity contribution in [3.8, 4) is 0 Å². The molecule has 3 heterocycles. The van der Waals surface area contributed by atoms with Crippen molar-refractivity contribution in [2.75, 3.05) is 13.2 Å². The highest BCUT2D eigenvalue weighted by molar-refractivity contribution is 4.98. The van der Waals surface area contributed by atoms with E-state index < -0.39 is 22.7 Å². The number of rotatable bonds is 6. The second-order valence-corrected chi connectivity index (χ2v) is 5.13. The first-order valence-electron chi connectivity index (χ1n) is 6.35. The fourth-order valence-corrected chi connectivity index (χ4v) is 2.15. The molecule has 8 nitrogen and oxygen atoms in total. The Bertz CT molecular complexity index is 705. The standard InChI is InChI=1S/C12H15N3O5/c1-2-3-12(7-20-12)6-15-10(17)13-9(16)14(11(15)18)4-8-5-19-8/h2,8H,1,3-7H2,(H,13,16,17). The van der Waals surface area contributed by atoms with Crippen LogP contribution in [0.3, 0.4) is 0 Å². The Balaban J connectivity index is 1.97. The third-order valence-corrected chi connectivity index (χ3v) is 3.47. The monoisotopic (exact) mass is 281 g/mol. The Hall–Kier alpha value is -1.93. The quantitative estimate of drug-likeness (QED) is 0.502. The topological polar surface area (TPSA) is 102 Å². The van der Waals surface area contributed by atoms with Crippen LogP contribution in [0.2, 0.25) is 0 Å². The summed E-state index contributed by atoms with van der Waals surface area (Å²) in [5, 5.41) is 0. The first kappa shape index (κ1) is 13.1. The van der Waals surface area contributed by atoms with Gasteiger partial charge in [0.15, 0.2) is 0 Å². The number of aromatic amines is 1. The predicted octanol–water partition coefficient (Wildman–Crippen LogP) is -1.56. The van der Waals surface area contributed by atoms with Crippen LogP contribution in [-0.4, -0.2) is 39.0 Å². The molecule has 1 N–H and O–H groups in total. The molecule has 2 fully saturated rings. The van der Waals surface area contributed by atoms with Gasteiger partial charge in [-0.2, -0.15) is 0 Å². The minimum Gasteiger partial charge on any atom is -0.371 e. The molecule has 20 heavy (non-hydrogen) atoms. The second-order valence-electron chi connectivity index (χ2n) is 5.13. The highest BCUT2D eigenvalue weighted by atomic mass is 16.6. The molecular weight excluding hydrogens is 266 g/mol. The van der Waals surface area contributed by atoms with Gasteiger partial charge in [0.25, 0.3) is 0 Å². The molecule has 1 aromatic heterocycles. The maximum atomic E-state index is 12.3. The lowest BCUT2D eigenvalue weighted by atomic mass is 10.1. The summed E-state index contributed by atoms with van der Waals surface area (Å²) in [7, 11) is 0. The minimum atomic E-state index is -0.716. The van der Waals surface area contributed by atoms with E-state index in [1.165, 1.54) is 0 Å². The van der Waals surface area contributed by atoms with Gasteiger partial charge in [-0.25, -0.2) is 23.5 Å².